The maximum absolute atomic E-state index is 11.6. The quantitative estimate of drug-likeness (QED) is 0.919. The van der Waals surface area contributed by atoms with Crippen LogP contribution in [0.5, 0.6) is 5.75 Å². The van der Waals surface area contributed by atoms with E-state index in [2.05, 4.69) is 22.3 Å². The van der Waals surface area contributed by atoms with E-state index in [1.807, 2.05) is 17.0 Å². The molecule has 2 fully saturated rings. The van der Waals surface area contributed by atoms with Gasteiger partial charge in [-0.3, -0.25) is 4.79 Å². The zero-order valence-corrected chi connectivity index (χ0v) is 13.3. The second-order valence-corrected chi connectivity index (χ2v) is 6.05. The molecule has 1 unspecified atom stereocenters. The van der Waals surface area contributed by atoms with Crippen molar-refractivity contribution in [1.29, 1.82) is 0 Å². The normalized spacial score (nSPS) is 22.5. The van der Waals surface area contributed by atoms with E-state index in [0.29, 0.717) is 6.54 Å². The first-order chi connectivity index (χ1) is 10.7. The molecule has 0 spiro atoms. The van der Waals surface area contributed by atoms with Gasteiger partial charge in [-0.15, -0.1) is 0 Å². The van der Waals surface area contributed by atoms with Crippen molar-refractivity contribution in [2.24, 2.45) is 0 Å². The number of ether oxygens (including phenoxy) is 1. The Balaban J connectivity index is 1.70. The fourth-order valence-corrected chi connectivity index (χ4v) is 3.22. The van der Waals surface area contributed by atoms with Crippen LogP contribution in [0.1, 0.15) is 19.8 Å². The summed E-state index contributed by atoms with van der Waals surface area (Å²) < 4.78 is 6.26. The maximum atomic E-state index is 11.6. The fraction of sp³-hybridized carbons (Fsp3) is 0.588. The molecule has 1 atom stereocenters. The van der Waals surface area contributed by atoms with Gasteiger partial charge >= 0.3 is 0 Å². The van der Waals surface area contributed by atoms with Crippen molar-refractivity contribution in [3.8, 4) is 5.75 Å². The predicted octanol–water partition coefficient (Wildman–Crippen LogP) is 1.49. The number of carbonyl (C=O) groups is 1. The number of nitrogens with one attached hydrogen (secondary N) is 1. The molecule has 1 amide bonds. The van der Waals surface area contributed by atoms with Crippen LogP contribution in [-0.2, 0) is 4.79 Å². The minimum Gasteiger partial charge on any atom is -0.486 e. The smallest absolute Gasteiger partial charge is 0.219 e. The first kappa shape index (κ1) is 15.2. The lowest BCUT2D eigenvalue weighted by atomic mass is 10.1. The fourth-order valence-electron chi connectivity index (χ4n) is 3.22. The predicted molar refractivity (Wildman–Crippen MR) is 87.4 cm³/mol. The van der Waals surface area contributed by atoms with Gasteiger partial charge in [-0.25, -0.2) is 0 Å². The summed E-state index contributed by atoms with van der Waals surface area (Å²) in [6.45, 7) is 7.22. The average molecular weight is 303 g/mol. The van der Waals surface area contributed by atoms with Crippen LogP contribution in [-0.4, -0.2) is 56.2 Å². The van der Waals surface area contributed by atoms with Crippen LogP contribution < -0.4 is 15.0 Å². The van der Waals surface area contributed by atoms with Crippen LogP contribution in [0.15, 0.2) is 24.3 Å². The van der Waals surface area contributed by atoms with Gasteiger partial charge in [-0.1, -0.05) is 12.1 Å². The molecule has 0 aliphatic carbocycles. The number of hydrogen-bond acceptors (Lipinski definition) is 4. The highest BCUT2D eigenvalue weighted by atomic mass is 16.5. The number of carbonyl (C=O) groups excluding carboxylic acids is 1. The van der Waals surface area contributed by atoms with Gasteiger partial charge in [-0.2, -0.15) is 0 Å². The molecule has 2 heterocycles. The lowest BCUT2D eigenvalue weighted by Crippen LogP contribution is -2.45. The van der Waals surface area contributed by atoms with Crippen molar-refractivity contribution in [1.82, 2.24) is 10.2 Å². The topological polar surface area (TPSA) is 44.8 Å². The summed E-state index contributed by atoms with van der Waals surface area (Å²) >= 11 is 0. The molecule has 22 heavy (non-hydrogen) atoms. The van der Waals surface area contributed by atoms with E-state index in [1.54, 1.807) is 6.92 Å². The Bertz CT molecular complexity index is 514. The van der Waals surface area contributed by atoms with Gasteiger partial charge in [0.1, 0.15) is 11.9 Å². The summed E-state index contributed by atoms with van der Waals surface area (Å²) in [6, 6.07) is 8.26. The van der Waals surface area contributed by atoms with Crippen molar-refractivity contribution in [3.63, 3.8) is 0 Å². The number of hydrogen-bond donors (Lipinski definition) is 1. The molecule has 0 saturated carbocycles. The van der Waals surface area contributed by atoms with E-state index in [-0.39, 0.29) is 12.0 Å². The number of benzene rings is 1. The van der Waals surface area contributed by atoms with Crippen molar-refractivity contribution >= 4 is 11.6 Å². The first-order valence-corrected chi connectivity index (χ1v) is 8.21. The summed E-state index contributed by atoms with van der Waals surface area (Å²) in [5.41, 5.74) is 1.17. The molecule has 2 aliphatic heterocycles. The van der Waals surface area contributed by atoms with Crippen LogP contribution in [0.4, 0.5) is 5.69 Å². The number of rotatable bonds is 3. The Morgan fingerprint density at radius 2 is 2.00 bits per heavy atom. The third-order valence-corrected chi connectivity index (χ3v) is 4.44. The Kier molecular flexibility index (Phi) is 4.83. The van der Waals surface area contributed by atoms with E-state index in [9.17, 15) is 4.79 Å². The van der Waals surface area contributed by atoms with Crippen LogP contribution in [0.2, 0.25) is 0 Å². The molecule has 3 rings (SSSR count). The summed E-state index contributed by atoms with van der Waals surface area (Å²) in [4.78, 5) is 15.8. The number of piperidine rings is 1. The monoisotopic (exact) mass is 303 g/mol. The third kappa shape index (κ3) is 3.53. The molecule has 5 nitrogen and oxygen atoms in total. The first-order valence-electron chi connectivity index (χ1n) is 8.21. The molecule has 120 valence electrons. The van der Waals surface area contributed by atoms with Gasteiger partial charge in [0, 0.05) is 39.6 Å². The van der Waals surface area contributed by atoms with Crippen LogP contribution in [0.25, 0.3) is 0 Å². The molecule has 2 aliphatic rings. The summed E-state index contributed by atoms with van der Waals surface area (Å²) in [5.74, 6) is 1.09. The van der Waals surface area contributed by atoms with Gasteiger partial charge in [0.2, 0.25) is 5.91 Å². The Morgan fingerprint density at radius 3 is 2.77 bits per heavy atom. The largest absolute Gasteiger partial charge is 0.486 e. The number of amides is 1. The molecule has 0 aromatic heterocycles. The SMILES string of the molecule is CC(=O)N1CCCC(Oc2ccccc2N2CCNCC2)C1. The van der Waals surface area contributed by atoms with E-state index >= 15 is 0 Å². The number of nitrogens with zero attached hydrogens (tertiary/aromatic N) is 2. The Hall–Kier alpha value is -1.75. The molecule has 1 N–H and O–H groups in total. The van der Waals surface area contributed by atoms with Gasteiger partial charge in [-0.05, 0) is 25.0 Å². The van der Waals surface area contributed by atoms with Crippen LogP contribution in [0.3, 0.4) is 0 Å². The molecule has 2 saturated heterocycles. The van der Waals surface area contributed by atoms with E-state index < -0.39 is 0 Å². The third-order valence-electron chi connectivity index (χ3n) is 4.44. The van der Waals surface area contributed by atoms with E-state index in [4.69, 9.17) is 4.74 Å². The second-order valence-electron chi connectivity index (χ2n) is 6.05. The van der Waals surface area contributed by atoms with Gasteiger partial charge in [0.25, 0.3) is 0 Å². The maximum Gasteiger partial charge on any atom is 0.219 e. The van der Waals surface area contributed by atoms with E-state index in [0.717, 1.165) is 51.3 Å². The minimum absolute atomic E-state index is 0.0988. The van der Waals surface area contributed by atoms with Gasteiger partial charge < -0.3 is 19.9 Å². The highest BCUT2D eigenvalue weighted by Crippen LogP contribution is 2.30. The van der Waals surface area contributed by atoms with Crippen LogP contribution >= 0.6 is 0 Å². The van der Waals surface area contributed by atoms with Gasteiger partial charge in [0.05, 0.1) is 12.2 Å². The minimum atomic E-state index is 0.0988. The number of para-hydroxylation sites is 2. The average Bonchev–Trinajstić information content (AvgIpc) is 2.56. The highest BCUT2D eigenvalue weighted by Gasteiger charge is 2.24. The van der Waals surface area contributed by atoms with Gasteiger partial charge in [0.15, 0.2) is 0 Å². The highest BCUT2D eigenvalue weighted by molar-refractivity contribution is 5.73. The van der Waals surface area contributed by atoms with E-state index in [1.165, 1.54) is 5.69 Å². The second kappa shape index (κ2) is 7.01. The molecule has 5 heteroatoms. The van der Waals surface area contributed by atoms with Crippen molar-refractivity contribution in [2.75, 3.05) is 44.2 Å². The molecule has 0 radical (unpaired) electrons. The lowest BCUT2D eigenvalue weighted by molar-refractivity contribution is -0.131. The Morgan fingerprint density at radius 1 is 1.23 bits per heavy atom. The molecular weight excluding hydrogens is 278 g/mol. The number of likely N-dealkylation sites (tertiary alicyclic amines) is 1. The molecular formula is C17H25N3O2. The summed E-state index contributed by atoms with van der Waals surface area (Å²) in [6.07, 6.45) is 2.13. The summed E-state index contributed by atoms with van der Waals surface area (Å²) in [7, 11) is 0. The lowest BCUT2D eigenvalue weighted by Gasteiger charge is -2.35. The molecule has 1 aromatic carbocycles. The zero-order chi connectivity index (χ0) is 15.4. The standard InChI is InChI=1S/C17H25N3O2/c1-14(21)20-10-4-5-15(13-20)22-17-7-3-2-6-16(17)19-11-8-18-9-12-19/h2-3,6-7,15,18H,4-5,8-13H2,1H3. The summed E-state index contributed by atoms with van der Waals surface area (Å²) in [5, 5.41) is 3.38. The zero-order valence-electron chi connectivity index (χ0n) is 13.3. The van der Waals surface area contributed by atoms with Crippen molar-refractivity contribution < 1.29 is 9.53 Å². The van der Waals surface area contributed by atoms with Crippen molar-refractivity contribution in [2.45, 2.75) is 25.9 Å². The number of piperazine rings is 1. The van der Waals surface area contributed by atoms with Crippen LogP contribution in [0, 0.1) is 0 Å². The molecule has 1 aromatic rings. The molecule has 0 bridgehead atoms. The van der Waals surface area contributed by atoms with Crippen molar-refractivity contribution in [3.05, 3.63) is 24.3 Å². The number of anilines is 1. The Labute approximate surface area is 132 Å².